The Morgan fingerprint density at radius 3 is 2.71 bits per heavy atom. The molecule has 0 aliphatic carbocycles. The Morgan fingerprint density at radius 1 is 1.24 bits per heavy atom. The molecule has 0 fully saturated rings. The lowest BCUT2D eigenvalue weighted by molar-refractivity contribution is 0.293. The van der Waals surface area contributed by atoms with Crippen molar-refractivity contribution in [2.45, 2.75) is 19.4 Å². The molecule has 1 atom stereocenters. The Kier molecular flexibility index (Phi) is 3.76. The molecule has 2 rings (SSSR count). The van der Waals surface area contributed by atoms with Crippen molar-refractivity contribution in [3.8, 4) is 5.88 Å². The molecule has 2 heteroatoms. The Hall–Kier alpha value is -1.83. The molecule has 1 heterocycles. The topological polar surface area (TPSA) is 22.1 Å². The first-order chi connectivity index (χ1) is 8.25. The highest BCUT2D eigenvalue weighted by molar-refractivity contribution is 5.24. The summed E-state index contributed by atoms with van der Waals surface area (Å²) in [4.78, 5) is 4.19. The van der Waals surface area contributed by atoms with Crippen molar-refractivity contribution in [2.24, 2.45) is 0 Å². The predicted octanol–water partition coefficient (Wildman–Crippen LogP) is 3.60. The molecule has 0 bridgehead atoms. The molecule has 17 heavy (non-hydrogen) atoms. The molecule has 0 spiro atoms. The summed E-state index contributed by atoms with van der Waals surface area (Å²) in [5.74, 6) is 0.902. The zero-order valence-electron chi connectivity index (χ0n) is 9.97. The summed E-state index contributed by atoms with van der Waals surface area (Å²) < 4.78 is 5.64. The molecule has 1 aromatic heterocycles. The van der Waals surface area contributed by atoms with Crippen molar-refractivity contribution in [1.82, 2.24) is 4.98 Å². The van der Waals surface area contributed by atoms with E-state index in [1.807, 2.05) is 42.5 Å². The van der Waals surface area contributed by atoms with Crippen molar-refractivity contribution >= 4 is 0 Å². The number of pyridine rings is 1. The number of hydrogen-bond donors (Lipinski definition) is 0. The largest absolute Gasteiger partial charge is 0.473 e. The Labute approximate surface area is 102 Å². The van der Waals surface area contributed by atoms with Gasteiger partial charge in [-0.1, -0.05) is 37.3 Å². The Balaban J connectivity index is 2.02. The van der Waals surface area contributed by atoms with Crippen LogP contribution >= 0.6 is 0 Å². The van der Waals surface area contributed by atoms with Gasteiger partial charge in [-0.25, -0.2) is 4.98 Å². The third kappa shape index (κ3) is 3.31. The van der Waals surface area contributed by atoms with E-state index in [-0.39, 0.29) is 5.92 Å². The third-order valence-electron chi connectivity index (χ3n) is 2.56. The highest BCUT2D eigenvalue weighted by Crippen LogP contribution is 2.18. The summed E-state index contributed by atoms with van der Waals surface area (Å²) in [6.45, 7) is 6.58. The highest BCUT2D eigenvalue weighted by atomic mass is 16.5. The number of rotatable bonds is 4. The van der Waals surface area contributed by atoms with E-state index in [1.54, 1.807) is 6.20 Å². The van der Waals surface area contributed by atoms with E-state index >= 15 is 0 Å². The number of hydrogen-bond acceptors (Lipinski definition) is 2. The highest BCUT2D eigenvalue weighted by Gasteiger charge is 2.02. The van der Waals surface area contributed by atoms with Gasteiger partial charge in [0, 0.05) is 12.3 Å². The fourth-order valence-electron chi connectivity index (χ4n) is 1.54. The van der Waals surface area contributed by atoms with Crippen LogP contribution in [0.5, 0.6) is 5.88 Å². The number of aromatic nitrogens is 1. The monoisotopic (exact) mass is 226 g/mol. The van der Waals surface area contributed by atoms with Gasteiger partial charge in [0.1, 0.15) is 6.61 Å². The molecule has 87 valence electrons. The van der Waals surface area contributed by atoms with Gasteiger partial charge in [0.05, 0.1) is 0 Å². The van der Waals surface area contributed by atoms with E-state index in [9.17, 15) is 0 Å². The van der Waals surface area contributed by atoms with Crippen LogP contribution in [0.4, 0.5) is 0 Å². The van der Waals surface area contributed by atoms with Gasteiger partial charge in [0.2, 0.25) is 5.88 Å². The molecular formula is C15H16NO. The van der Waals surface area contributed by atoms with Gasteiger partial charge in [-0.15, -0.1) is 0 Å². The van der Waals surface area contributed by atoms with Gasteiger partial charge < -0.3 is 4.74 Å². The van der Waals surface area contributed by atoms with Gasteiger partial charge in [0.15, 0.2) is 0 Å². The summed E-state index contributed by atoms with van der Waals surface area (Å²) in [7, 11) is 0. The molecule has 0 N–H and O–H groups in total. The first kappa shape index (κ1) is 11.6. The van der Waals surface area contributed by atoms with Crippen LogP contribution in [0, 0.1) is 6.92 Å². The van der Waals surface area contributed by atoms with Crippen LogP contribution in [0.25, 0.3) is 0 Å². The number of ether oxygens (including phenoxy) is 1. The van der Waals surface area contributed by atoms with Crippen molar-refractivity contribution in [3.63, 3.8) is 0 Å². The van der Waals surface area contributed by atoms with Crippen LogP contribution in [0.3, 0.4) is 0 Å². The minimum Gasteiger partial charge on any atom is -0.473 e. The number of benzene rings is 1. The molecule has 0 saturated heterocycles. The third-order valence-corrected chi connectivity index (χ3v) is 2.56. The molecule has 0 aliphatic heterocycles. The van der Waals surface area contributed by atoms with Gasteiger partial charge >= 0.3 is 0 Å². The molecule has 0 saturated carbocycles. The maximum Gasteiger partial charge on any atom is 0.213 e. The SMILES string of the molecule is [CH2]C(C)c1ccnc(OCc2ccccc2)c1. The predicted molar refractivity (Wildman–Crippen MR) is 68.8 cm³/mol. The standard InChI is InChI=1S/C15H16NO/c1-12(2)14-8-9-16-15(10-14)17-11-13-6-4-3-5-7-13/h3-10,12H,1,11H2,2H3. The van der Waals surface area contributed by atoms with Crippen LogP contribution in [0.15, 0.2) is 48.7 Å². The molecular weight excluding hydrogens is 210 g/mol. The van der Waals surface area contributed by atoms with Crippen molar-refractivity contribution < 1.29 is 4.74 Å². The Bertz CT molecular complexity index is 465. The van der Waals surface area contributed by atoms with Crippen LogP contribution in [-0.2, 0) is 6.61 Å². The average molecular weight is 226 g/mol. The molecule has 2 aromatic rings. The second-order valence-corrected chi connectivity index (χ2v) is 4.10. The smallest absolute Gasteiger partial charge is 0.213 e. The van der Waals surface area contributed by atoms with Gasteiger partial charge in [-0.3, -0.25) is 0 Å². The van der Waals surface area contributed by atoms with Crippen LogP contribution in [-0.4, -0.2) is 4.98 Å². The van der Waals surface area contributed by atoms with E-state index in [0.29, 0.717) is 12.5 Å². The second-order valence-electron chi connectivity index (χ2n) is 4.10. The lowest BCUT2D eigenvalue weighted by Gasteiger charge is -2.08. The second kappa shape index (κ2) is 5.48. The maximum absolute atomic E-state index is 5.64. The van der Waals surface area contributed by atoms with Crippen LogP contribution < -0.4 is 4.74 Å². The summed E-state index contributed by atoms with van der Waals surface area (Å²) in [6, 6.07) is 14.0. The fourth-order valence-corrected chi connectivity index (χ4v) is 1.54. The molecule has 0 amide bonds. The molecule has 1 aromatic carbocycles. The summed E-state index contributed by atoms with van der Waals surface area (Å²) in [6.07, 6.45) is 1.76. The first-order valence-electron chi connectivity index (χ1n) is 5.71. The fraction of sp³-hybridized carbons (Fsp3) is 0.200. The first-order valence-corrected chi connectivity index (χ1v) is 5.71. The van der Waals surface area contributed by atoms with E-state index < -0.39 is 0 Å². The molecule has 2 nitrogen and oxygen atoms in total. The molecule has 0 aliphatic rings. The molecule has 1 unspecified atom stereocenters. The van der Waals surface area contributed by atoms with Crippen molar-refractivity contribution in [2.75, 3.05) is 0 Å². The van der Waals surface area contributed by atoms with E-state index in [0.717, 1.165) is 11.1 Å². The summed E-state index contributed by atoms with van der Waals surface area (Å²) in [5.41, 5.74) is 2.28. The minimum absolute atomic E-state index is 0.247. The van der Waals surface area contributed by atoms with Gasteiger partial charge in [-0.05, 0) is 30.0 Å². The lowest BCUT2D eigenvalue weighted by Crippen LogP contribution is -1.98. The van der Waals surface area contributed by atoms with Gasteiger partial charge in [-0.2, -0.15) is 0 Å². The van der Waals surface area contributed by atoms with E-state index in [4.69, 9.17) is 4.74 Å². The summed E-state index contributed by atoms with van der Waals surface area (Å²) in [5, 5.41) is 0. The van der Waals surface area contributed by atoms with Crippen molar-refractivity contribution in [1.29, 1.82) is 0 Å². The maximum atomic E-state index is 5.64. The minimum atomic E-state index is 0.247. The average Bonchev–Trinajstić information content (AvgIpc) is 2.38. The van der Waals surface area contributed by atoms with Crippen LogP contribution in [0.2, 0.25) is 0 Å². The zero-order chi connectivity index (χ0) is 12.1. The van der Waals surface area contributed by atoms with Gasteiger partial charge in [0.25, 0.3) is 0 Å². The summed E-state index contributed by atoms with van der Waals surface area (Å²) >= 11 is 0. The van der Waals surface area contributed by atoms with Crippen molar-refractivity contribution in [3.05, 3.63) is 66.7 Å². The van der Waals surface area contributed by atoms with E-state index in [1.165, 1.54) is 0 Å². The van der Waals surface area contributed by atoms with Crippen LogP contribution in [0.1, 0.15) is 24.0 Å². The number of nitrogens with zero attached hydrogens (tertiary/aromatic N) is 1. The molecule has 1 radical (unpaired) electrons. The van der Waals surface area contributed by atoms with E-state index in [2.05, 4.69) is 18.8 Å². The normalized spacial score (nSPS) is 10.5. The lowest BCUT2D eigenvalue weighted by atomic mass is 10.1. The quantitative estimate of drug-likeness (QED) is 0.794. The Morgan fingerprint density at radius 2 is 2.00 bits per heavy atom. The zero-order valence-corrected chi connectivity index (χ0v) is 9.97.